The summed E-state index contributed by atoms with van der Waals surface area (Å²) in [6, 6.07) is 13.8. The first-order valence-electron chi connectivity index (χ1n) is 7.27. The van der Waals surface area contributed by atoms with E-state index in [4.69, 9.17) is 0 Å². The normalized spacial score (nSPS) is 12.3. The van der Waals surface area contributed by atoms with Gasteiger partial charge in [-0.1, -0.05) is 36.4 Å². The van der Waals surface area contributed by atoms with E-state index in [-0.39, 0.29) is 6.04 Å². The largest absolute Gasteiger partial charge is 0.304 e. The molecule has 1 atom stereocenters. The fourth-order valence-electron chi connectivity index (χ4n) is 2.38. The zero-order valence-corrected chi connectivity index (χ0v) is 12.4. The van der Waals surface area contributed by atoms with Crippen LogP contribution in [0.4, 0.5) is 8.78 Å². The summed E-state index contributed by atoms with van der Waals surface area (Å²) in [5, 5.41) is 7.48. The van der Waals surface area contributed by atoms with Crippen molar-refractivity contribution in [1.29, 1.82) is 0 Å². The Hall–Kier alpha value is -2.60. The van der Waals surface area contributed by atoms with Crippen molar-refractivity contribution >= 4 is 0 Å². The van der Waals surface area contributed by atoms with Gasteiger partial charge in [-0.3, -0.25) is 4.68 Å². The van der Waals surface area contributed by atoms with Crippen molar-refractivity contribution in [3.8, 4) is 0 Å². The first-order valence-corrected chi connectivity index (χ1v) is 7.27. The van der Waals surface area contributed by atoms with Crippen LogP contribution in [0.5, 0.6) is 0 Å². The van der Waals surface area contributed by atoms with Crippen LogP contribution < -0.4 is 5.32 Å². The molecule has 0 saturated carbocycles. The molecule has 0 unspecified atom stereocenters. The zero-order chi connectivity index (χ0) is 16.1. The molecule has 1 heterocycles. The molecular weight excluding hydrogens is 298 g/mol. The minimum absolute atomic E-state index is 0.0222. The van der Waals surface area contributed by atoms with E-state index >= 15 is 0 Å². The molecule has 1 aromatic heterocycles. The molecule has 23 heavy (non-hydrogen) atoms. The quantitative estimate of drug-likeness (QED) is 0.760. The lowest BCUT2D eigenvalue weighted by Gasteiger charge is -2.19. The van der Waals surface area contributed by atoms with E-state index < -0.39 is 11.6 Å². The zero-order valence-electron chi connectivity index (χ0n) is 12.4. The number of hydrogen-bond donors (Lipinski definition) is 1. The van der Waals surface area contributed by atoms with Crippen molar-refractivity contribution in [1.82, 2.24) is 20.1 Å². The van der Waals surface area contributed by atoms with Crippen LogP contribution in [0.2, 0.25) is 0 Å². The molecule has 0 aliphatic rings. The van der Waals surface area contributed by atoms with Gasteiger partial charge in [-0.15, -0.1) is 0 Å². The van der Waals surface area contributed by atoms with Gasteiger partial charge in [-0.05, 0) is 23.3 Å². The van der Waals surface area contributed by atoms with Crippen LogP contribution in [0.15, 0.2) is 61.2 Å². The van der Waals surface area contributed by atoms with Crippen molar-refractivity contribution in [3.05, 3.63) is 83.9 Å². The van der Waals surface area contributed by atoms with Gasteiger partial charge in [0, 0.05) is 6.54 Å². The highest BCUT2D eigenvalue weighted by molar-refractivity contribution is 5.21. The van der Waals surface area contributed by atoms with E-state index in [9.17, 15) is 8.78 Å². The fourth-order valence-corrected chi connectivity index (χ4v) is 2.38. The molecule has 3 rings (SSSR count). The summed E-state index contributed by atoms with van der Waals surface area (Å²) < 4.78 is 28.0. The van der Waals surface area contributed by atoms with E-state index in [2.05, 4.69) is 15.4 Å². The van der Waals surface area contributed by atoms with Crippen LogP contribution in [0.25, 0.3) is 0 Å². The Labute approximate surface area is 132 Å². The average Bonchev–Trinajstić information content (AvgIpc) is 3.08. The summed E-state index contributed by atoms with van der Waals surface area (Å²) in [4.78, 5) is 3.94. The second-order valence-electron chi connectivity index (χ2n) is 5.21. The first kappa shape index (κ1) is 15.3. The van der Waals surface area contributed by atoms with Crippen molar-refractivity contribution in [2.24, 2.45) is 0 Å². The highest BCUT2D eigenvalue weighted by Gasteiger charge is 2.12. The molecule has 0 aliphatic carbocycles. The summed E-state index contributed by atoms with van der Waals surface area (Å²) in [7, 11) is 0. The van der Waals surface area contributed by atoms with Gasteiger partial charge in [0.1, 0.15) is 12.7 Å². The SMILES string of the molecule is Fc1ccc(CN[C@H](Cn2cncn2)c2ccccc2)cc1F. The number of aromatic nitrogens is 3. The monoisotopic (exact) mass is 314 g/mol. The molecule has 3 aromatic rings. The third-order valence-corrected chi connectivity index (χ3v) is 3.57. The third-order valence-electron chi connectivity index (χ3n) is 3.57. The summed E-state index contributed by atoms with van der Waals surface area (Å²) in [6.45, 7) is 1.01. The van der Waals surface area contributed by atoms with Gasteiger partial charge in [-0.25, -0.2) is 13.8 Å². The number of benzene rings is 2. The summed E-state index contributed by atoms with van der Waals surface area (Å²) in [6.07, 6.45) is 3.13. The number of halogens is 2. The summed E-state index contributed by atoms with van der Waals surface area (Å²) in [5.41, 5.74) is 1.77. The molecule has 0 aliphatic heterocycles. The van der Waals surface area contributed by atoms with Crippen LogP contribution in [0.3, 0.4) is 0 Å². The maximum Gasteiger partial charge on any atom is 0.159 e. The van der Waals surface area contributed by atoms with Gasteiger partial charge < -0.3 is 5.32 Å². The van der Waals surface area contributed by atoms with Crippen molar-refractivity contribution in [2.45, 2.75) is 19.1 Å². The second-order valence-corrected chi connectivity index (χ2v) is 5.21. The van der Waals surface area contributed by atoms with Gasteiger partial charge in [0.15, 0.2) is 11.6 Å². The van der Waals surface area contributed by atoms with E-state index in [1.54, 1.807) is 17.1 Å². The Kier molecular flexibility index (Phi) is 4.73. The van der Waals surface area contributed by atoms with Crippen molar-refractivity contribution in [3.63, 3.8) is 0 Å². The third kappa shape index (κ3) is 3.98. The van der Waals surface area contributed by atoms with E-state index in [1.165, 1.54) is 12.4 Å². The fraction of sp³-hybridized carbons (Fsp3) is 0.176. The molecule has 4 nitrogen and oxygen atoms in total. The molecule has 118 valence electrons. The lowest BCUT2D eigenvalue weighted by Crippen LogP contribution is -2.25. The maximum atomic E-state index is 13.3. The van der Waals surface area contributed by atoms with E-state index in [1.807, 2.05) is 30.3 Å². The van der Waals surface area contributed by atoms with Crippen molar-refractivity contribution < 1.29 is 8.78 Å². The van der Waals surface area contributed by atoms with Crippen LogP contribution in [-0.2, 0) is 13.1 Å². The molecule has 0 radical (unpaired) electrons. The van der Waals surface area contributed by atoms with Gasteiger partial charge in [0.25, 0.3) is 0 Å². The average molecular weight is 314 g/mol. The number of hydrogen-bond acceptors (Lipinski definition) is 3. The van der Waals surface area contributed by atoms with Crippen LogP contribution in [0.1, 0.15) is 17.2 Å². The van der Waals surface area contributed by atoms with Crippen LogP contribution >= 0.6 is 0 Å². The second kappa shape index (κ2) is 7.11. The predicted molar refractivity (Wildman–Crippen MR) is 82.4 cm³/mol. The Morgan fingerprint density at radius 2 is 1.87 bits per heavy atom. The number of rotatable bonds is 6. The maximum absolute atomic E-state index is 13.3. The Morgan fingerprint density at radius 3 is 2.57 bits per heavy atom. The molecule has 0 amide bonds. The lowest BCUT2D eigenvalue weighted by molar-refractivity contribution is 0.435. The highest BCUT2D eigenvalue weighted by Crippen LogP contribution is 2.16. The van der Waals surface area contributed by atoms with Crippen molar-refractivity contribution in [2.75, 3.05) is 0 Å². The smallest absolute Gasteiger partial charge is 0.159 e. The molecule has 1 N–H and O–H groups in total. The van der Waals surface area contributed by atoms with Crippen LogP contribution in [0, 0.1) is 11.6 Å². The molecule has 2 aromatic carbocycles. The first-order chi connectivity index (χ1) is 11.2. The van der Waals surface area contributed by atoms with Gasteiger partial charge >= 0.3 is 0 Å². The molecule has 0 spiro atoms. The Morgan fingerprint density at radius 1 is 1.04 bits per heavy atom. The lowest BCUT2D eigenvalue weighted by atomic mass is 10.1. The topological polar surface area (TPSA) is 42.7 Å². The number of nitrogens with one attached hydrogen (secondary N) is 1. The summed E-state index contributed by atoms with van der Waals surface area (Å²) >= 11 is 0. The Bertz CT molecular complexity index is 745. The molecule has 6 heteroatoms. The minimum Gasteiger partial charge on any atom is -0.304 e. The van der Waals surface area contributed by atoms with Gasteiger partial charge in [0.2, 0.25) is 0 Å². The Balaban J connectivity index is 1.74. The van der Waals surface area contributed by atoms with E-state index in [0.717, 1.165) is 11.6 Å². The molecular formula is C17H16F2N4. The molecule has 0 saturated heterocycles. The predicted octanol–water partition coefficient (Wildman–Crippen LogP) is 3.09. The molecule has 0 bridgehead atoms. The van der Waals surface area contributed by atoms with Gasteiger partial charge in [0.05, 0.1) is 12.6 Å². The number of nitrogens with zero attached hydrogens (tertiary/aromatic N) is 3. The highest BCUT2D eigenvalue weighted by atomic mass is 19.2. The minimum atomic E-state index is -0.837. The summed E-state index contributed by atoms with van der Waals surface area (Å²) in [5.74, 6) is -1.67. The van der Waals surface area contributed by atoms with Gasteiger partial charge in [-0.2, -0.15) is 5.10 Å². The van der Waals surface area contributed by atoms with E-state index in [0.29, 0.717) is 18.7 Å². The van der Waals surface area contributed by atoms with Crippen LogP contribution in [-0.4, -0.2) is 14.8 Å². The molecule has 0 fully saturated rings. The standard InChI is InChI=1S/C17H16F2N4/c18-15-7-6-13(8-16(15)19)9-21-17(10-23-12-20-11-22-23)14-4-2-1-3-5-14/h1-8,11-12,17,21H,9-10H2/t17-/m1/s1.